The molecule has 7 heteroatoms. The van der Waals surface area contributed by atoms with E-state index < -0.39 is 21.8 Å². The first-order valence-electron chi connectivity index (χ1n) is 7.09. The van der Waals surface area contributed by atoms with Crippen LogP contribution < -0.4 is 4.72 Å². The van der Waals surface area contributed by atoms with E-state index in [1.54, 1.807) is 19.1 Å². The summed E-state index contributed by atoms with van der Waals surface area (Å²) in [6, 6.07) is 8.95. The second kappa shape index (κ2) is 7.32. The highest BCUT2D eigenvalue weighted by Gasteiger charge is 2.21. The molecular formula is C16H17FN2O3S. The molecule has 0 aliphatic carbocycles. The Labute approximate surface area is 134 Å². The molecule has 0 fully saturated rings. The van der Waals surface area contributed by atoms with Gasteiger partial charge < -0.3 is 0 Å². The molecule has 1 aromatic carbocycles. The Morgan fingerprint density at radius 3 is 2.74 bits per heavy atom. The lowest BCUT2D eigenvalue weighted by Gasteiger charge is -2.12. The summed E-state index contributed by atoms with van der Waals surface area (Å²) >= 11 is 0. The van der Waals surface area contributed by atoms with Gasteiger partial charge in [0.15, 0.2) is 0 Å². The molecule has 1 aromatic heterocycles. The number of benzene rings is 1. The molecule has 1 atom stereocenters. The maximum atomic E-state index is 13.1. The topological polar surface area (TPSA) is 76.1 Å². The molecule has 0 radical (unpaired) electrons. The molecule has 0 aliphatic rings. The largest absolute Gasteiger partial charge is 0.274 e. The van der Waals surface area contributed by atoms with E-state index in [9.17, 15) is 17.6 Å². The summed E-state index contributed by atoms with van der Waals surface area (Å²) in [4.78, 5) is 15.7. The van der Waals surface area contributed by atoms with E-state index in [0.29, 0.717) is 12.8 Å². The van der Waals surface area contributed by atoms with Gasteiger partial charge in [-0.15, -0.1) is 0 Å². The number of rotatable bonds is 6. The van der Waals surface area contributed by atoms with Crippen molar-refractivity contribution in [3.8, 4) is 0 Å². The molecule has 0 aliphatic heterocycles. The number of carbonyl (C=O) groups is 1. The van der Waals surface area contributed by atoms with Gasteiger partial charge in [0.05, 0.1) is 0 Å². The van der Waals surface area contributed by atoms with Gasteiger partial charge in [-0.3, -0.25) is 9.78 Å². The average Bonchev–Trinajstić information content (AvgIpc) is 2.53. The maximum absolute atomic E-state index is 13.1. The van der Waals surface area contributed by atoms with Crippen molar-refractivity contribution in [2.45, 2.75) is 24.7 Å². The SMILES string of the molecule is C[C@H](CCc1cccc(F)c1)C(=O)NS(=O)(=O)c1cccnc1. The zero-order valence-electron chi connectivity index (χ0n) is 12.6. The third-order valence-electron chi connectivity index (χ3n) is 3.38. The Morgan fingerprint density at radius 1 is 1.30 bits per heavy atom. The van der Waals surface area contributed by atoms with E-state index in [4.69, 9.17) is 0 Å². The number of sulfonamides is 1. The number of pyridine rings is 1. The molecule has 1 heterocycles. The van der Waals surface area contributed by atoms with Gasteiger partial charge in [0, 0.05) is 18.3 Å². The van der Waals surface area contributed by atoms with Gasteiger partial charge in [0.1, 0.15) is 10.7 Å². The van der Waals surface area contributed by atoms with Gasteiger partial charge in [0.2, 0.25) is 5.91 Å². The van der Waals surface area contributed by atoms with Crippen LogP contribution in [0.4, 0.5) is 4.39 Å². The highest BCUT2D eigenvalue weighted by Crippen LogP contribution is 2.13. The molecule has 122 valence electrons. The summed E-state index contributed by atoms with van der Waals surface area (Å²) in [5.74, 6) is -1.45. The summed E-state index contributed by atoms with van der Waals surface area (Å²) < 4.78 is 39.2. The fourth-order valence-corrected chi connectivity index (χ4v) is 3.05. The third kappa shape index (κ3) is 4.85. The van der Waals surface area contributed by atoms with Crippen molar-refractivity contribution in [1.82, 2.24) is 9.71 Å². The van der Waals surface area contributed by atoms with Crippen LogP contribution in [0.5, 0.6) is 0 Å². The Hall–Kier alpha value is -2.28. The van der Waals surface area contributed by atoms with E-state index in [-0.39, 0.29) is 10.7 Å². The van der Waals surface area contributed by atoms with Gasteiger partial charge in [-0.05, 0) is 42.7 Å². The minimum absolute atomic E-state index is 0.0642. The fourth-order valence-electron chi connectivity index (χ4n) is 2.00. The predicted octanol–water partition coefficient (Wildman–Crippen LogP) is 2.29. The molecule has 1 N–H and O–H groups in total. The molecule has 0 saturated heterocycles. The monoisotopic (exact) mass is 336 g/mol. The Morgan fingerprint density at radius 2 is 2.09 bits per heavy atom. The standard InChI is InChI=1S/C16H17FN2O3S/c1-12(7-8-13-4-2-5-14(17)10-13)16(20)19-23(21,22)15-6-3-9-18-11-15/h2-6,9-12H,7-8H2,1H3,(H,19,20)/t12-/m1/s1. The van der Waals surface area contributed by atoms with Gasteiger partial charge in [-0.25, -0.2) is 17.5 Å². The number of amides is 1. The van der Waals surface area contributed by atoms with Crippen molar-refractivity contribution in [3.05, 3.63) is 60.2 Å². The molecule has 5 nitrogen and oxygen atoms in total. The maximum Gasteiger partial charge on any atom is 0.265 e. The van der Waals surface area contributed by atoms with E-state index in [0.717, 1.165) is 5.56 Å². The molecule has 2 aromatic rings. The summed E-state index contributed by atoms with van der Waals surface area (Å²) in [5, 5.41) is 0. The third-order valence-corrected chi connectivity index (χ3v) is 4.71. The zero-order valence-corrected chi connectivity index (χ0v) is 13.4. The van der Waals surface area contributed by atoms with E-state index >= 15 is 0 Å². The van der Waals surface area contributed by atoms with Crippen LogP contribution >= 0.6 is 0 Å². The lowest BCUT2D eigenvalue weighted by atomic mass is 10.0. The molecule has 0 unspecified atom stereocenters. The Kier molecular flexibility index (Phi) is 5.44. The average molecular weight is 336 g/mol. The quantitative estimate of drug-likeness (QED) is 0.878. The van der Waals surface area contributed by atoms with Crippen LogP contribution in [0.2, 0.25) is 0 Å². The number of aromatic nitrogens is 1. The second-order valence-corrected chi connectivity index (χ2v) is 6.91. The highest BCUT2D eigenvalue weighted by atomic mass is 32.2. The Balaban J connectivity index is 1.95. The first-order valence-corrected chi connectivity index (χ1v) is 8.58. The molecule has 23 heavy (non-hydrogen) atoms. The van der Waals surface area contributed by atoms with Crippen molar-refractivity contribution in [2.75, 3.05) is 0 Å². The minimum atomic E-state index is -3.92. The van der Waals surface area contributed by atoms with E-state index in [2.05, 4.69) is 4.98 Å². The van der Waals surface area contributed by atoms with Gasteiger partial charge in [0.25, 0.3) is 10.0 Å². The fraction of sp³-hybridized carbons (Fsp3) is 0.250. The molecule has 0 spiro atoms. The molecular weight excluding hydrogens is 319 g/mol. The lowest BCUT2D eigenvalue weighted by molar-refractivity contribution is -0.122. The van der Waals surface area contributed by atoms with Gasteiger partial charge in [-0.2, -0.15) is 0 Å². The van der Waals surface area contributed by atoms with Crippen LogP contribution in [0.1, 0.15) is 18.9 Å². The number of hydrogen-bond acceptors (Lipinski definition) is 4. The minimum Gasteiger partial charge on any atom is -0.274 e. The van der Waals surface area contributed by atoms with Crippen LogP contribution in [0.15, 0.2) is 53.7 Å². The number of aryl methyl sites for hydroxylation is 1. The summed E-state index contributed by atoms with van der Waals surface area (Å²) in [5.41, 5.74) is 0.764. The predicted molar refractivity (Wildman–Crippen MR) is 83.5 cm³/mol. The molecule has 0 saturated carbocycles. The normalized spacial score (nSPS) is 12.6. The summed E-state index contributed by atoms with van der Waals surface area (Å²) in [7, 11) is -3.92. The van der Waals surface area contributed by atoms with Crippen molar-refractivity contribution in [1.29, 1.82) is 0 Å². The number of halogens is 1. The van der Waals surface area contributed by atoms with Gasteiger partial charge in [-0.1, -0.05) is 19.1 Å². The van der Waals surface area contributed by atoms with Crippen LogP contribution in [-0.2, 0) is 21.2 Å². The molecule has 2 rings (SSSR count). The number of nitrogens with zero attached hydrogens (tertiary/aromatic N) is 1. The van der Waals surface area contributed by atoms with Crippen LogP contribution in [0.25, 0.3) is 0 Å². The first kappa shape index (κ1) is 17.1. The van der Waals surface area contributed by atoms with E-state index in [1.165, 1.54) is 36.7 Å². The van der Waals surface area contributed by atoms with Gasteiger partial charge >= 0.3 is 0 Å². The highest BCUT2D eigenvalue weighted by molar-refractivity contribution is 7.90. The van der Waals surface area contributed by atoms with E-state index in [1.807, 2.05) is 4.72 Å². The van der Waals surface area contributed by atoms with Crippen molar-refractivity contribution >= 4 is 15.9 Å². The van der Waals surface area contributed by atoms with Crippen molar-refractivity contribution < 1.29 is 17.6 Å². The number of hydrogen-bond donors (Lipinski definition) is 1. The number of nitrogens with one attached hydrogen (secondary N) is 1. The van der Waals surface area contributed by atoms with Crippen molar-refractivity contribution in [2.24, 2.45) is 5.92 Å². The number of carbonyl (C=O) groups excluding carboxylic acids is 1. The summed E-state index contributed by atoms with van der Waals surface area (Å²) in [6.07, 6.45) is 3.52. The zero-order chi connectivity index (χ0) is 16.9. The Bertz CT molecular complexity index is 779. The van der Waals surface area contributed by atoms with Crippen LogP contribution in [-0.4, -0.2) is 19.3 Å². The van der Waals surface area contributed by atoms with Crippen LogP contribution in [0, 0.1) is 11.7 Å². The first-order chi connectivity index (χ1) is 10.9. The second-order valence-electron chi connectivity index (χ2n) is 5.23. The molecule has 1 amide bonds. The molecule has 0 bridgehead atoms. The van der Waals surface area contributed by atoms with Crippen molar-refractivity contribution in [3.63, 3.8) is 0 Å². The smallest absolute Gasteiger partial charge is 0.265 e. The lowest BCUT2D eigenvalue weighted by Crippen LogP contribution is -2.34. The summed E-state index contributed by atoms with van der Waals surface area (Å²) in [6.45, 7) is 1.63. The van der Waals surface area contributed by atoms with Crippen LogP contribution in [0.3, 0.4) is 0 Å².